The summed E-state index contributed by atoms with van der Waals surface area (Å²) in [6.45, 7) is 6.78. The third-order valence-corrected chi connectivity index (χ3v) is 3.46. The van der Waals surface area contributed by atoms with Crippen molar-refractivity contribution in [2.45, 2.75) is 52.6 Å². The lowest BCUT2D eigenvalue weighted by atomic mass is 9.73. The largest absolute Gasteiger partial charge is 0.393 e. The molecular formula is C11H22O. The van der Waals surface area contributed by atoms with Crippen LogP contribution in [0.1, 0.15) is 46.5 Å². The van der Waals surface area contributed by atoms with Crippen LogP contribution in [0.15, 0.2) is 0 Å². The van der Waals surface area contributed by atoms with Crippen LogP contribution in [0.2, 0.25) is 0 Å². The van der Waals surface area contributed by atoms with Crippen molar-refractivity contribution in [3.63, 3.8) is 0 Å². The Hall–Kier alpha value is -0.0400. The molecule has 1 heteroatoms. The second kappa shape index (κ2) is 4.27. The molecular weight excluding hydrogens is 148 g/mol. The third-order valence-electron chi connectivity index (χ3n) is 3.46. The van der Waals surface area contributed by atoms with Crippen LogP contribution in [-0.2, 0) is 0 Å². The molecule has 0 aromatic heterocycles. The molecule has 1 fully saturated rings. The summed E-state index contributed by atoms with van der Waals surface area (Å²) < 4.78 is 0. The van der Waals surface area contributed by atoms with Crippen molar-refractivity contribution in [2.75, 3.05) is 0 Å². The lowest BCUT2D eigenvalue weighted by Gasteiger charge is -2.36. The van der Waals surface area contributed by atoms with Crippen molar-refractivity contribution in [3.8, 4) is 0 Å². The normalized spacial score (nSPS) is 43.0. The van der Waals surface area contributed by atoms with Crippen molar-refractivity contribution in [1.82, 2.24) is 0 Å². The van der Waals surface area contributed by atoms with Gasteiger partial charge in [0.05, 0.1) is 6.10 Å². The van der Waals surface area contributed by atoms with Gasteiger partial charge < -0.3 is 5.11 Å². The number of aliphatic hydroxyl groups excluding tert-OH is 1. The van der Waals surface area contributed by atoms with Crippen LogP contribution >= 0.6 is 0 Å². The van der Waals surface area contributed by atoms with Gasteiger partial charge in [-0.3, -0.25) is 0 Å². The molecule has 1 aliphatic carbocycles. The summed E-state index contributed by atoms with van der Waals surface area (Å²) in [6, 6.07) is 0. The maximum atomic E-state index is 9.79. The van der Waals surface area contributed by atoms with Gasteiger partial charge in [0.2, 0.25) is 0 Å². The highest BCUT2D eigenvalue weighted by molar-refractivity contribution is 4.81. The highest BCUT2D eigenvalue weighted by Crippen LogP contribution is 2.35. The van der Waals surface area contributed by atoms with E-state index >= 15 is 0 Å². The summed E-state index contributed by atoms with van der Waals surface area (Å²) in [5, 5.41) is 9.79. The Kier molecular flexibility index (Phi) is 3.57. The molecule has 0 saturated heterocycles. The van der Waals surface area contributed by atoms with E-state index in [1.807, 2.05) is 0 Å². The summed E-state index contributed by atoms with van der Waals surface area (Å²) in [4.78, 5) is 0. The van der Waals surface area contributed by atoms with Gasteiger partial charge in [0.15, 0.2) is 0 Å². The fraction of sp³-hybridized carbons (Fsp3) is 1.00. The monoisotopic (exact) mass is 170 g/mol. The minimum absolute atomic E-state index is 0.0175. The third kappa shape index (κ3) is 2.22. The average molecular weight is 170 g/mol. The lowest BCUT2D eigenvalue weighted by Crippen LogP contribution is -2.32. The van der Waals surface area contributed by atoms with Crippen LogP contribution in [0.3, 0.4) is 0 Å². The first-order chi connectivity index (χ1) is 5.65. The Morgan fingerprint density at radius 1 is 1.17 bits per heavy atom. The van der Waals surface area contributed by atoms with Gasteiger partial charge in [0.1, 0.15) is 0 Å². The molecule has 0 amide bonds. The molecule has 0 radical (unpaired) electrons. The summed E-state index contributed by atoms with van der Waals surface area (Å²) in [7, 11) is 0. The van der Waals surface area contributed by atoms with Gasteiger partial charge in [-0.2, -0.15) is 0 Å². The van der Waals surface area contributed by atoms with Crippen LogP contribution in [-0.4, -0.2) is 11.2 Å². The topological polar surface area (TPSA) is 20.2 Å². The molecule has 0 aromatic rings. The highest BCUT2D eigenvalue weighted by atomic mass is 16.3. The van der Waals surface area contributed by atoms with Crippen molar-refractivity contribution in [3.05, 3.63) is 0 Å². The van der Waals surface area contributed by atoms with E-state index in [1.165, 1.54) is 19.3 Å². The van der Waals surface area contributed by atoms with E-state index in [0.29, 0.717) is 11.8 Å². The predicted molar refractivity (Wildman–Crippen MR) is 52.0 cm³/mol. The van der Waals surface area contributed by atoms with Crippen LogP contribution < -0.4 is 0 Å². The first-order valence-electron chi connectivity index (χ1n) is 5.33. The van der Waals surface area contributed by atoms with Gasteiger partial charge in [0, 0.05) is 0 Å². The van der Waals surface area contributed by atoms with Gasteiger partial charge in [-0.25, -0.2) is 0 Å². The van der Waals surface area contributed by atoms with E-state index in [4.69, 9.17) is 0 Å². The predicted octanol–water partition coefficient (Wildman–Crippen LogP) is 2.83. The number of rotatable bonds is 2. The van der Waals surface area contributed by atoms with Crippen molar-refractivity contribution in [1.29, 1.82) is 0 Å². The molecule has 0 bridgehead atoms. The Morgan fingerprint density at radius 2 is 1.75 bits per heavy atom. The lowest BCUT2D eigenvalue weighted by molar-refractivity contribution is 0.0205. The summed E-state index contributed by atoms with van der Waals surface area (Å²) in [5.41, 5.74) is 0. The average Bonchev–Trinajstić information content (AvgIpc) is 2.01. The van der Waals surface area contributed by atoms with E-state index in [9.17, 15) is 5.11 Å². The van der Waals surface area contributed by atoms with Crippen LogP contribution in [0.25, 0.3) is 0 Å². The SMILES string of the molecule is CCCC1CC(C)C(C)CC1O. The Morgan fingerprint density at radius 3 is 2.33 bits per heavy atom. The summed E-state index contributed by atoms with van der Waals surface area (Å²) in [5.74, 6) is 2.11. The van der Waals surface area contributed by atoms with Crippen molar-refractivity contribution in [2.24, 2.45) is 17.8 Å². The second-order valence-corrected chi connectivity index (χ2v) is 4.54. The molecule has 0 aliphatic heterocycles. The van der Waals surface area contributed by atoms with Crippen LogP contribution in [0, 0.1) is 17.8 Å². The molecule has 0 heterocycles. The Labute approximate surface area is 76.2 Å². The fourth-order valence-corrected chi connectivity index (χ4v) is 2.35. The summed E-state index contributed by atoms with van der Waals surface area (Å²) in [6.07, 6.45) is 4.65. The highest BCUT2D eigenvalue weighted by Gasteiger charge is 2.30. The molecule has 1 N–H and O–H groups in total. The summed E-state index contributed by atoms with van der Waals surface area (Å²) >= 11 is 0. The molecule has 1 rings (SSSR count). The number of hydrogen-bond acceptors (Lipinski definition) is 1. The number of aliphatic hydroxyl groups is 1. The number of hydrogen-bond donors (Lipinski definition) is 1. The molecule has 1 nitrogen and oxygen atoms in total. The first-order valence-corrected chi connectivity index (χ1v) is 5.33. The van der Waals surface area contributed by atoms with E-state index in [-0.39, 0.29) is 6.10 Å². The van der Waals surface area contributed by atoms with E-state index < -0.39 is 0 Å². The maximum absolute atomic E-state index is 9.79. The van der Waals surface area contributed by atoms with Crippen LogP contribution in [0.4, 0.5) is 0 Å². The smallest absolute Gasteiger partial charge is 0.0571 e. The van der Waals surface area contributed by atoms with Gasteiger partial charge in [0.25, 0.3) is 0 Å². The Balaban J connectivity index is 2.43. The van der Waals surface area contributed by atoms with E-state index in [1.54, 1.807) is 0 Å². The van der Waals surface area contributed by atoms with Crippen LogP contribution in [0.5, 0.6) is 0 Å². The minimum atomic E-state index is -0.0175. The van der Waals surface area contributed by atoms with Gasteiger partial charge in [-0.15, -0.1) is 0 Å². The second-order valence-electron chi connectivity index (χ2n) is 4.54. The molecule has 0 spiro atoms. The molecule has 1 saturated carbocycles. The van der Waals surface area contributed by atoms with Crippen molar-refractivity contribution < 1.29 is 5.11 Å². The first kappa shape index (κ1) is 10.0. The van der Waals surface area contributed by atoms with E-state index in [0.717, 1.165) is 12.3 Å². The van der Waals surface area contributed by atoms with Gasteiger partial charge >= 0.3 is 0 Å². The quantitative estimate of drug-likeness (QED) is 0.675. The Bertz CT molecular complexity index is 133. The molecule has 12 heavy (non-hydrogen) atoms. The molecule has 1 aliphatic rings. The zero-order chi connectivity index (χ0) is 9.14. The minimum Gasteiger partial charge on any atom is -0.393 e. The van der Waals surface area contributed by atoms with Gasteiger partial charge in [-0.05, 0) is 37.0 Å². The zero-order valence-corrected chi connectivity index (χ0v) is 8.59. The van der Waals surface area contributed by atoms with Gasteiger partial charge in [-0.1, -0.05) is 27.2 Å². The zero-order valence-electron chi connectivity index (χ0n) is 8.59. The molecule has 4 atom stereocenters. The molecule has 0 aromatic carbocycles. The standard InChI is InChI=1S/C11H22O/c1-4-5-10-6-8(2)9(3)7-11(10)12/h8-12H,4-7H2,1-3H3. The maximum Gasteiger partial charge on any atom is 0.0571 e. The molecule has 4 unspecified atom stereocenters. The molecule has 72 valence electrons. The van der Waals surface area contributed by atoms with Crippen molar-refractivity contribution >= 4 is 0 Å². The van der Waals surface area contributed by atoms with E-state index in [2.05, 4.69) is 20.8 Å². The fourth-order valence-electron chi connectivity index (χ4n) is 2.35.